The summed E-state index contributed by atoms with van der Waals surface area (Å²) in [6, 6.07) is 16.5. The number of nitrogens with zero attached hydrogens (tertiary/aromatic N) is 1. The maximum Gasteiger partial charge on any atom is 0.265 e. The molecule has 0 saturated heterocycles. The minimum atomic E-state index is -0.185. The molecular weight excluding hydrogens is 348 g/mol. The molecule has 1 aromatic heterocycles. The van der Waals surface area contributed by atoms with Gasteiger partial charge >= 0.3 is 0 Å². The van der Waals surface area contributed by atoms with Gasteiger partial charge in [0.05, 0.1) is 24.2 Å². The number of hydrogen-bond acceptors (Lipinski definition) is 4. The first-order valence-electron chi connectivity index (χ1n) is 8.10. The lowest BCUT2D eigenvalue weighted by atomic mass is 10.1. The van der Waals surface area contributed by atoms with E-state index < -0.39 is 0 Å². The normalized spacial score (nSPS) is 12.8. The molecule has 4 rings (SSSR count). The number of ether oxygens (including phenoxy) is 1. The summed E-state index contributed by atoms with van der Waals surface area (Å²) >= 11 is 1.37. The maximum absolute atomic E-state index is 12.6. The zero-order chi connectivity index (χ0) is 18.1. The van der Waals surface area contributed by atoms with Gasteiger partial charge in [0.2, 0.25) is 0 Å². The average Bonchev–Trinajstić information content (AvgIpc) is 3.31. The number of carbonyl (C=O) groups is 2. The summed E-state index contributed by atoms with van der Waals surface area (Å²) < 4.78 is 5.43. The Morgan fingerprint density at radius 3 is 2.73 bits per heavy atom. The summed E-state index contributed by atoms with van der Waals surface area (Å²) in [4.78, 5) is 27.2. The lowest BCUT2D eigenvalue weighted by molar-refractivity contribution is 0.0994. The summed E-state index contributed by atoms with van der Waals surface area (Å²) in [5.74, 6) is 0.296. The number of anilines is 2. The average molecular weight is 364 g/mol. The fourth-order valence-electron chi connectivity index (χ4n) is 3.01. The second-order valence-corrected chi connectivity index (χ2v) is 6.81. The van der Waals surface area contributed by atoms with E-state index in [0.717, 1.165) is 16.8 Å². The summed E-state index contributed by atoms with van der Waals surface area (Å²) in [5.41, 5.74) is 3.03. The van der Waals surface area contributed by atoms with Crippen LogP contribution in [0.2, 0.25) is 0 Å². The van der Waals surface area contributed by atoms with E-state index in [0.29, 0.717) is 22.9 Å². The van der Waals surface area contributed by atoms with Crippen molar-refractivity contribution in [2.75, 3.05) is 17.3 Å². The lowest BCUT2D eigenvalue weighted by Crippen LogP contribution is -2.23. The molecule has 6 heteroatoms. The van der Waals surface area contributed by atoms with Gasteiger partial charge in [0, 0.05) is 17.3 Å². The van der Waals surface area contributed by atoms with Crippen molar-refractivity contribution >= 4 is 34.5 Å². The van der Waals surface area contributed by atoms with Gasteiger partial charge in [-0.05, 0) is 35.2 Å². The van der Waals surface area contributed by atoms with Crippen LogP contribution >= 0.6 is 11.3 Å². The minimum absolute atomic E-state index is 0.0296. The summed E-state index contributed by atoms with van der Waals surface area (Å²) in [7, 11) is 1.54. The fraction of sp³-hybridized carbons (Fsp3) is 0.100. The highest BCUT2D eigenvalue weighted by atomic mass is 32.1. The first kappa shape index (κ1) is 16.4. The fourth-order valence-corrected chi connectivity index (χ4v) is 3.62. The first-order chi connectivity index (χ1) is 12.7. The van der Waals surface area contributed by atoms with E-state index in [1.807, 2.05) is 41.8 Å². The van der Waals surface area contributed by atoms with E-state index in [4.69, 9.17) is 4.74 Å². The third-order valence-electron chi connectivity index (χ3n) is 4.31. The molecule has 1 aliphatic rings. The van der Waals surface area contributed by atoms with Crippen LogP contribution in [0.3, 0.4) is 0 Å². The first-order valence-corrected chi connectivity index (χ1v) is 8.98. The van der Waals surface area contributed by atoms with Crippen molar-refractivity contribution in [2.45, 2.75) is 6.54 Å². The highest BCUT2D eigenvalue weighted by Crippen LogP contribution is 2.34. The molecule has 0 spiro atoms. The number of benzene rings is 2. The molecule has 3 aromatic rings. The van der Waals surface area contributed by atoms with Gasteiger partial charge in [-0.3, -0.25) is 9.59 Å². The van der Waals surface area contributed by atoms with Gasteiger partial charge in [-0.25, -0.2) is 0 Å². The molecule has 26 heavy (non-hydrogen) atoms. The van der Waals surface area contributed by atoms with Crippen LogP contribution in [0.5, 0.6) is 5.75 Å². The van der Waals surface area contributed by atoms with Crippen LogP contribution in [0.25, 0.3) is 0 Å². The van der Waals surface area contributed by atoms with Crippen molar-refractivity contribution in [1.82, 2.24) is 0 Å². The third kappa shape index (κ3) is 2.84. The Morgan fingerprint density at radius 1 is 1.15 bits per heavy atom. The molecule has 2 heterocycles. The number of methoxy groups -OCH3 is 1. The van der Waals surface area contributed by atoms with Crippen LogP contribution in [0.15, 0.2) is 60.0 Å². The van der Waals surface area contributed by atoms with Crippen LogP contribution < -0.4 is 15.0 Å². The third-order valence-corrected chi connectivity index (χ3v) is 5.18. The van der Waals surface area contributed by atoms with Crippen LogP contribution in [-0.2, 0) is 6.54 Å². The Bertz CT molecular complexity index is 982. The predicted molar refractivity (Wildman–Crippen MR) is 102 cm³/mol. The summed E-state index contributed by atoms with van der Waals surface area (Å²) in [6.07, 6.45) is 0. The Hall–Kier alpha value is -3.12. The molecule has 0 aliphatic carbocycles. The predicted octanol–water partition coefficient (Wildman–Crippen LogP) is 4.17. The number of carbonyl (C=O) groups excluding carboxylic acids is 2. The van der Waals surface area contributed by atoms with Crippen LogP contribution in [-0.4, -0.2) is 18.9 Å². The summed E-state index contributed by atoms with van der Waals surface area (Å²) in [5, 5.41) is 4.71. The van der Waals surface area contributed by atoms with Gasteiger partial charge in [-0.2, -0.15) is 0 Å². The molecule has 0 fully saturated rings. The zero-order valence-corrected chi connectivity index (χ0v) is 14.9. The van der Waals surface area contributed by atoms with Gasteiger partial charge < -0.3 is 15.0 Å². The Labute approximate surface area is 154 Å². The number of hydrogen-bond donors (Lipinski definition) is 1. The second kappa shape index (κ2) is 6.65. The molecule has 2 aromatic carbocycles. The van der Waals surface area contributed by atoms with E-state index in [9.17, 15) is 9.59 Å². The molecule has 0 radical (unpaired) electrons. The van der Waals surface area contributed by atoms with Gasteiger partial charge in [-0.1, -0.05) is 24.3 Å². The van der Waals surface area contributed by atoms with E-state index >= 15 is 0 Å². The number of rotatable bonds is 4. The highest BCUT2D eigenvalue weighted by Gasteiger charge is 2.28. The number of thiophene rings is 1. The van der Waals surface area contributed by atoms with E-state index in [1.54, 1.807) is 30.2 Å². The number of amides is 2. The molecule has 2 amide bonds. The SMILES string of the molecule is COc1cc(N2Cc3ccccc3C2=O)ccc1NC(=O)c1cccs1. The van der Waals surface area contributed by atoms with Crippen molar-refractivity contribution in [3.8, 4) is 5.75 Å². The van der Waals surface area contributed by atoms with Gasteiger partial charge in [0.15, 0.2) is 0 Å². The monoisotopic (exact) mass is 364 g/mol. The molecule has 1 N–H and O–H groups in total. The van der Waals surface area contributed by atoms with Gasteiger partial charge in [-0.15, -0.1) is 11.3 Å². The highest BCUT2D eigenvalue weighted by molar-refractivity contribution is 7.12. The molecule has 0 atom stereocenters. The molecule has 0 saturated carbocycles. The van der Waals surface area contributed by atoms with E-state index in [1.165, 1.54) is 11.3 Å². The molecule has 5 nitrogen and oxygen atoms in total. The van der Waals surface area contributed by atoms with Gasteiger partial charge in [0.25, 0.3) is 11.8 Å². The lowest BCUT2D eigenvalue weighted by Gasteiger charge is -2.18. The number of fused-ring (bicyclic) bond motifs is 1. The summed E-state index contributed by atoms with van der Waals surface area (Å²) in [6.45, 7) is 0.527. The Balaban J connectivity index is 1.60. The van der Waals surface area contributed by atoms with Crippen LogP contribution in [0.1, 0.15) is 25.6 Å². The second-order valence-electron chi connectivity index (χ2n) is 5.86. The molecular formula is C20H16N2O3S. The Morgan fingerprint density at radius 2 is 2.00 bits per heavy atom. The van der Waals surface area contributed by atoms with Crippen LogP contribution in [0, 0.1) is 0 Å². The van der Waals surface area contributed by atoms with Crippen molar-refractivity contribution in [2.24, 2.45) is 0 Å². The minimum Gasteiger partial charge on any atom is -0.494 e. The van der Waals surface area contributed by atoms with E-state index in [-0.39, 0.29) is 11.8 Å². The standard InChI is InChI=1S/C20H16N2O3S/c1-25-17-11-14(22-12-13-5-2-3-6-15(13)20(22)24)8-9-16(17)21-19(23)18-7-4-10-26-18/h2-11H,12H2,1H3,(H,21,23). The maximum atomic E-state index is 12.6. The molecule has 130 valence electrons. The van der Waals surface area contributed by atoms with Crippen molar-refractivity contribution in [1.29, 1.82) is 0 Å². The molecule has 1 aliphatic heterocycles. The van der Waals surface area contributed by atoms with Crippen molar-refractivity contribution in [3.63, 3.8) is 0 Å². The molecule has 0 bridgehead atoms. The Kier molecular flexibility index (Phi) is 4.18. The van der Waals surface area contributed by atoms with Gasteiger partial charge in [0.1, 0.15) is 5.75 Å². The largest absolute Gasteiger partial charge is 0.494 e. The van der Waals surface area contributed by atoms with E-state index in [2.05, 4.69) is 5.32 Å². The van der Waals surface area contributed by atoms with Crippen LogP contribution in [0.4, 0.5) is 11.4 Å². The number of nitrogens with one attached hydrogen (secondary N) is 1. The quantitative estimate of drug-likeness (QED) is 0.756. The van der Waals surface area contributed by atoms with Crippen molar-refractivity contribution in [3.05, 3.63) is 76.0 Å². The zero-order valence-electron chi connectivity index (χ0n) is 14.1. The topological polar surface area (TPSA) is 58.6 Å². The smallest absolute Gasteiger partial charge is 0.265 e. The molecule has 0 unspecified atom stereocenters. The van der Waals surface area contributed by atoms with Crippen molar-refractivity contribution < 1.29 is 14.3 Å².